The zero-order valence-corrected chi connectivity index (χ0v) is 12.3. The summed E-state index contributed by atoms with van der Waals surface area (Å²) >= 11 is 0. The number of benzene rings is 1. The van der Waals surface area contributed by atoms with Crippen LogP contribution >= 0.6 is 0 Å². The predicted octanol–water partition coefficient (Wildman–Crippen LogP) is 2.42. The normalized spacial score (nSPS) is 12.5. The SMILES string of the molecule is CCC(=O)c1ccc2c(c1)nc(COC)n2C(C)C(=O)O. The Hall–Kier alpha value is -2.21. The molecule has 0 amide bonds. The number of Topliss-reactive ketones (excluding diaryl/α,β-unsaturated/α-hetero) is 1. The Labute approximate surface area is 122 Å². The van der Waals surface area contributed by atoms with E-state index in [1.165, 1.54) is 7.11 Å². The van der Waals surface area contributed by atoms with E-state index >= 15 is 0 Å². The molecular formula is C15H18N2O4. The van der Waals surface area contributed by atoms with Crippen LogP contribution in [0.15, 0.2) is 18.2 Å². The number of aromatic nitrogens is 2. The second-order valence-electron chi connectivity index (χ2n) is 4.83. The molecule has 6 nitrogen and oxygen atoms in total. The Morgan fingerprint density at radius 3 is 2.71 bits per heavy atom. The highest BCUT2D eigenvalue weighted by atomic mass is 16.5. The number of ether oxygens (including phenoxy) is 1. The van der Waals surface area contributed by atoms with Crippen LogP contribution in [0.1, 0.15) is 42.5 Å². The largest absolute Gasteiger partial charge is 0.480 e. The molecule has 0 bridgehead atoms. The lowest BCUT2D eigenvalue weighted by Gasteiger charge is -2.13. The Balaban J connectivity index is 2.62. The summed E-state index contributed by atoms with van der Waals surface area (Å²) in [6, 6.07) is 4.39. The quantitative estimate of drug-likeness (QED) is 0.826. The Kier molecular flexibility index (Phi) is 4.37. The van der Waals surface area contributed by atoms with E-state index in [2.05, 4.69) is 4.98 Å². The van der Waals surface area contributed by atoms with Crippen molar-refractivity contribution in [3.63, 3.8) is 0 Å². The van der Waals surface area contributed by atoms with Crippen molar-refractivity contribution in [2.45, 2.75) is 32.9 Å². The van der Waals surface area contributed by atoms with E-state index in [1.54, 1.807) is 36.6 Å². The van der Waals surface area contributed by atoms with Gasteiger partial charge in [-0.15, -0.1) is 0 Å². The lowest BCUT2D eigenvalue weighted by Crippen LogP contribution is -2.18. The first-order valence-corrected chi connectivity index (χ1v) is 6.75. The molecule has 0 aliphatic carbocycles. The summed E-state index contributed by atoms with van der Waals surface area (Å²) < 4.78 is 6.71. The third-order valence-corrected chi connectivity index (χ3v) is 3.42. The highest BCUT2D eigenvalue weighted by Gasteiger charge is 2.21. The predicted molar refractivity (Wildman–Crippen MR) is 77.4 cm³/mol. The van der Waals surface area contributed by atoms with Crippen LogP contribution in [-0.4, -0.2) is 33.5 Å². The van der Waals surface area contributed by atoms with E-state index in [4.69, 9.17) is 4.74 Å². The van der Waals surface area contributed by atoms with Gasteiger partial charge in [-0.05, 0) is 25.1 Å². The molecular weight excluding hydrogens is 272 g/mol. The lowest BCUT2D eigenvalue weighted by molar-refractivity contribution is -0.140. The smallest absolute Gasteiger partial charge is 0.326 e. The maximum Gasteiger partial charge on any atom is 0.326 e. The standard InChI is InChI=1S/C15H18N2O4/c1-4-13(18)10-5-6-12-11(7-10)16-14(8-21-3)17(12)9(2)15(19)20/h5-7,9H,4,8H2,1-3H3,(H,19,20). The molecule has 21 heavy (non-hydrogen) atoms. The highest BCUT2D eigenvalue weighted by molar-refractivity contribution is 5.98. The van der Waals surface area contributed by atoms with Crippen LogP contribution in [0.25, 0.3) is 11.0 Å². The van der Waals surface area contributed by atoms with Gasteiger partial charge in [-0.25, -0.2) is 9.78 Å². The monoisotopic (exact) mass is 290 g/mol. The minimum absolute atomic E-state index is 0.0334. The third kappa shape index (κ3) is 2.80. The molecule has 0 spiro atoms. The van der Waals surface area contributed by atoms with E-state index in [0.29, 0.717) is 28.8 Å². The summed E-state index contributed by atoms with van der Waals surface area (Å²) in [7, 11) is 1.53. The minimum Gasteiger partial charge on any atom is -0.480 e. The number of rotatable bonds is 6. The molecule has 1 heterocycles. The van der Waals surface area contributed by atoms with Gasteiger partial charge in [-0.3, -0.25) is 4.79 Å². The van der Waals surface area contributed by atoms with Gasteiger partial charge in [0.15, 0.2) is 5.78 Å². The molecule has 1 aromatic carbocycles. The minimum atomic E-state index is -0.944. The number of fused-ring (bicyclic) bond motifs is 1. The molecule has 0 aliphatic rings. The van der Waals surface area contributed by atoms with Crippen molar-refractivity contribution in [1.29, 1.82) is 0 Å². The zero-order chi connectivity index (χ0) is 15.6. The van der Waals surface area contributed by atoms with Crippen molar-refractivity contribution in [2.24, 2.45) is 0 Å². The van der Waals surface area contributed by atoms with Gasteiger partial charge in [-0.2, -0.15) is 0 Å². The Morgan fingerprint density at radius 2 is 2.14 bits per heavy atom. The lowest BCUT2D eigenvalue weighted by atomic mass is 10.1. The summed E-state index contributed by atoms with van der Waals surface area (Å²) in [6.45, 7) is 3.60. The van der Waals surface area contributed by atoms with Gasteiger partial charge >= 0.3 is 5.97 Å². The molecule has 2 rings (SSSR count). The maximum atomic E-state index is 11.8. The van der Waals surface area contributed by atoms with Crippen molar-refractivity contribution < 1.29 is 19.4 Å². The van der Waals surface area contributed by atoms with Gasteiger partial charge in [0.25, 0.3) is 0 Å². The fraction of sp³-hybridized carbons (Fsp3) is 0.400. The summed E-state index contributed by atoms with van der Waals surface area (Å²) in [4.78, 5) is 27.4. The topological polar surface area (TPSA) is 81.4 Å². The molecule has 1 atom stereocenters. The van der Waals surface area contributed by atoms with Gasteiger partial charge in [0.2, 0.25) is 0 Å². The maximum absolute atomic E-state index is 11.8. The van der Waals surface area contributed by atoms with Crippen LogP contribution in [0.5, 0.6) is 0 Å². The molecule has 0 radical (unpaired) electrons. The molecule has 0 saturated carbocycles. The van der Waals surface area contributed by atoms with Crippen LogP contribution in [0.2, 0.25) is 0 Å². The van der Waals surface area contributed by atoms with Crippen molar-refractivity contribution in [3.8, 4) is 0 Å². The number of hydrogen-bond acceptors (Lipinski definition) is 4. The molecule has 0 fully saturated rings. The molecule has 0 aliphatic heterocycles. The number of hydrogen-bond donors (Lipinski definition) is 1. The third-order valence-electron chi connectivity index (χ3n) is 3.42. The number of aliphatic carboxylic acids is 1. The summed E-state index contributed by atoms with van der Waals surface area (Å²) in [5.74, 6) is -0.380. The number of carboxylic acid groups (broad SMARTS) is 1. The van der Waals surface area contributed by atoms with Gasteiger partial charge < -0.3 is 14.4 Å². The molecule has 6 heteroatoms. The second kappa shape index (κ2) is 6.05. The van der Waals surface area contributed by atoms with E-state index in [1.807, 2.05) is 0 Å². The van der Waals surface area contributed by atoms with Crippen molar-refractivity contribution in [2.75, 3.05) is 7.11 Å². The van der Waals surface area contributed by atoms with Gasteiger partial charge in [-0.1, -0.05) is 6.92 Å². The molecule has 0 saturated heterocycles. The summed E-state index contributed by atoms with van der Waals surface area (Å²) in [5, 5.41) is 9.24. The first kappa shape index (κ1) is 15.2. The second-order valence-corrected chi connectivity index (χ2v) is 4.83. The molecule has 1 unspecified atom stereocenters. The van der Waals surface area contributed by atoms with Crippen LogP contribution in [-0.2, 0) is 16.1 Å². The summed E-state index contributed by atoms with van der Waals surface area (Å²) in [6.07, 6.45) is 0.419. The molecule has 1 aromatic heterocycles. The van der Waals surface area contributed by atoms with Crippen molar-refractivity contribution >= 4 is 22.8 Å². The Bertz CT molecular complexity index is 690. The van der Waals surface area contributed by atoms with E-state index < -0.39 is 12.0 Å². The van der Waals surface area contributed by atoms with Crippen LogP contribution in [0.3, 0.4) is 0 Å². The number of imidazole rings is 1. The van der Waals surface area contributed by atoms with Crippen molar-refractivity contribution in [1.82, 2.24) is 9.55 Å². The molecule has 2 aromatic rings. The van der Waals surface area contributed by atoms with Crippen molar-refractivity contribution in [3.05, 3.63) is 29.6 Å². The van der Waals surface area contributed by atoms with E-state index in [0.717, 1.165) is 0 Å². The number of ketones is 1. The Morgan fingerprint density at radius 1 is 1.43 bits per heavy atom. The average molecular weight is 290 g/mol. The number of carbonyl (C=O) groups excluding carboxylic acids is 1. The van der Waals surface area contributed by atoms with Gasteiger partial charge in [0.1, 0.15) is 18.5 Å². The first-order valence-electron chi connectivity index (χ1n) is 6.75. The first-order chi connectivity index (χ1) is 9.99. The zero-order valence-electron chi connectivity index (χ0n) is 12.3. The summed E-state index contributed by atoms with van der Waals surface area (Å²) in [5.41, 5.74) is 1.88. The van der Waals surface area contributed by atoms with E-state index in [-0.39, 0.29) is 12.4 Å². The van der Waals surface area contributed by atoms with E-state index in [9.17, 15) is 14.7 Å². The fourth-order valence-electron chi connectivity index (χ4n) is 2.30. The molecule has 112 valence electrons. The van der Waals surface area contributed by atoms with Gasteiger partial charge in [0.05, 0.1) is 11.0 Å². The number of carbonyl (C=O) groups is 2. The number of nitrogens with zero attached hydrogens (tertiary/aromatic N) is 2. The van der Waals surface area contributed by atoms with Gasteiger partial charge in [0, 0.05) is 19.1 Å². The average Bonchev–Trinajstić information content (AvgIpc) is 2.82. The number of methoxy groups -OCH3 is 1. The van der Waals surface area contributed by atoms with Crippen LogP contribution < -0.4 is 0 Å². The highest BCUT2D eigenvalue weighted by Crippen LogP contribution is 2.23. The number of carboxylic acids is 1. The van der Waals surface area contributed by atoms with Crippen LogP contribution in [0.4, 0.5) is 0 Å². The fourth-order valence-corrected chi connectivity index (χ4v) is 2.30. The molecule has 1 N–H and O–H groups in total. The van der Waals surface area contributed by atoms with Crippen LogP contribution in [0, 0.1) is 0 Å².